The van der Waals surface area contributed by atoms with E-state index in [9.17, 15) is 9.59 Å². The van der Waals surface area contributed by atoms with E-state index in [0.717, 1.165) is 12.1 Å². The van der Waals surface area contributed by atoms with E-state index in [-0.39, 0.29) is 18.0 Å². The maximum Gasteiger partial charge on any atom is 0.319 e. The van der Waals surface area contributed by atoms with Gasteiger partial charge in [-0.3, -0.25) is 9.48 Å². The minimum atomic E-state index is -0.310. The highest BCUT2D eigenvalue weighted by atomic mass is 16.2. The van der Waals surface area contributed by atoms with Gasteiger partial charge in [-0.2, -0.15) is 5.10 Å². The topological polar surface area (TPSA) is 91.3 Å². The predicted molar refractivity (Wildman–Crippen MR) is 102 cm³/mol. The van der Waals surface area contributed by atoms with E-state index >= 15 is 0 Å². The van der Waals surface area contributed by atoms with E-state index in [1.54, 1.807) is 40.0 Å². The number of carbonyl (C=O) groups excluding carboxylic acids is 2. The van der Waals surface area contributed by atoms with Gasteiger partial charge >= 0.3 is 6.03 Å². The van der Waals surface area contributed by atoms with Crippen molar-refractivity contribution in [1.29, 1.82) is 0 Å². The van der Waals surface area contributed by atoms with Gasteiger partial charge < -0.3 is 20.9 Å². The molecule has 1 heterocycles. The van der Waals surface area contributed by atoms with E-state index in [1.807, 2.05) is 34.1 Å². The number of aryl methyl sites for hydroxylation is 1. The molecule has 0 aliphatic heterocycles. The fraction of sp³-hybridized carbons (Fsp3) is 0.389. The monoisotopic (exact) mass is 358 g/mol. The first kappa shape index (κ1) is 19.5. The Morgan fingerprint density at radius 1 is 1.19 bits per heavy atom. The molecule has 2 aromatic rings. The molecule has 1 atom stereocenters. The van der Waals surface area contributed by atoms with Gasteiger partial charge in [0.2, 0.25) is 5.91 Å². The summed E-state index contributed by atoms with van der Waals surface area (Å²) < 4.78 is 1.75. The van der Waals surface area contributed by atoms with E-state index < -0.39 is 0 Å². The Morgan fingerprint density at radius 3 is 2.46 bits per heavy atom. The molecule has 0 fully saturated rings. The number of carbonyl (C=O) groups is 2. The van der Waals surface area contributed by atoms with Crippen LogP contribution in [0.15, 0.2) is 36.5 Å². The molecule has 1 aromatic heterocycles. The van der Waals surface area contributed by atoms with Gasteiger partial charge in [-0.25, -0.2) is 4.79 Å². The molecule has 0 radical (unpaired) electrons. The second-order valence-corrected chi connectivity index (χ2v) is 6.31. The zero-order valence-electron chi connectivity index (χ0n) is 15.6. The number of aromatic nitrogens is 2. The molecule has 0 saturated heterocycles. The Bertz CT molecular complexity index is 756. The number of hydrogen-bond donors (Lipinski definition) is 3. The number of nitrogens with one attached hydrogen (secondary N) is 3. The highest BCUT2D eigenvalue weighted by Gasteiger charge is 2.16. The summed E-state index contributed by atoms with van der Waals surface area (Å²) in [5.41, 5.74) is 2.17. The van der Waals surface area contributed by atoms with Gasteiger partial charge in [-0.05, 0) is 44.8 Å². The summed E-state index contributed by atoms with van der Waals surface area (Å²) in [5, 5.41) is 12.7. The summed E-state index contributed by atoms with van der Waals surface area (Å²) in [5.74, 6) is -0.112. The number of likely N-dealkylation sites (N-methyl/N-ethyl adjacent to an activating group) is 1. The quantitative estimate of drug-likeness (QED) is 0.707. The van der Waals surface area contributed by atoms with Crippen molar-refractivity contribution < 1.29 is 9.59 Å². The summed E-state index contributed by atoms with van der Waals surface area (Å²) in [6, 6.07) is 8.49. The van der Waals surface area contributed by atoms with Crippen molar-refractivity contribution >= 4 is 23.3 Å². The molecule has 1 unspecified atom stereocenters. The molecular weight excluding hydrogens is 332 g/mol. The minimum absolute atomic E-state index is 0.112. The van der Waals surface area contributed by atoms with Crippen LogP contribution in [0, 0.1) is 0 Å². The van der Waals surface area contributed by atoms with Crippen LogP contribution in [0.4, 0.5) is 16.2 Å². The van der Waals surface area contributed by atoms with Gasteiger partial charge in [-0.15, -0.1) is 0 Å². The van der Waals surface area contributed by atoms with Gasteiger partial charge in [0.15, 0.2) is 0 Å². The van der Waals surface area contributed by atoms with Crippen LogP contribution in [0.1, 0.15) is 25.1 Å². The Balaban J connectivity index is 1.97. The average Bonchev–Trinajstić information content (AvgIpc) is 2.98. The zero-order chi connectivity index (χ0) is 19.1. The summed E-state index contributed by atoms with van der Waals surface area (Å²) in [6.07, 6.45) is 2.45. The lowest BCUT2D eigenvalue weighted by Gasteiger charge is -2.18. The van der Waals surface area contributed by atoms with E-state index in [0.29, 0.717) is 17.9 Å². The summed E-state index contributed by atoms with van der Waals surface area (Å²) in [4.78, 5) is 26.0. The highest BCUT2D eigenvalue weighted by Crippen LogP contribution is 2.17. The molecule has 0 aliphatic carbocycles. The number of anilines is 2. The third kappa shape index (κ3) is 5.59. The van der Waals surface area contributed by atoms with Gasteiger partial charge in [0, 0.05) is 24.6 Å². The van der Waals surface area contributed by atoms with Crippen molar-refractivity contribution in [3.8, 4) is 0 Å². The van der Waals surface area contributed by atoms with Gasteiger partial charge in [0.1, 0.15) is 0 Å². The van der Waals surface area contributed by atoms with Crippen molar-refractivity contribution in [2.24, 2.45) is 7.05 Å². The first-order chi connectivity index (χ1) is 12.4. The first-order valence-electron chi connectivity index (χ1n) is 8.49. The van der Waals surface area contributed by atoms with Crippen molar-refractivity contribution in [3.05, 3.63) is 42.2 Å². The molecule has 1 aromatic carbocycles. The van der Waals surface area contributed by atoms with Crippen LogP contribution in [0.25, 0.3) is 0 Å². The molecule has 8 heteroatoms. The SMILES string of the molecule is CCC(NC(=O)Nc1cccc(NC(=O)CN(C)C)c1)c1ccnn1C. The molecule has 8 nitrogen and oxygen atoms in total. The van der Waals surface area contributed by atoms with Crippen LogP contribution in [-0.2, 0) is 11.8 Å². The van der Waals surface area contributed by atoms with E-state index in [4.69, 9.17) is 0 Å². The van der Waals surface area contributed by atoms with Crippen LogP contribution in [-0.4, -0.2) is 47.3 Å². The number of urea groups is 1. The lowest BCUT2D eigenvalue weighted by Crippen LogP contribution is -2.33. The van der Waals surface area contributed by atoms with Crippen molar-refractivity contribution in [1.82, 2.24) is 20.0 Å². The summed E-state index contributed by atoms with van der Waals surface area (Å²) in [7, 11) is 5.50. The van der Waals surface area contributed by atoms with Crippen molar-refractivity contribution in [2.45, 2.75) is 19.4 Å². The molecule has 26 heavy (non-hydrogen) atoms. The normalized spacial score (nSPS) is 11.9. The van der Waals surface area contributed by atoms with Crippen LogP contribution in [0.5, 0.6) is 0 Å². The van der Waals surface area contributed by atoms with E-state index in [1.165, 1.54) is 0 Å². The fourth-order valence-corrected chi connectivity index (χ4v) is 2.60. The maximum absolute atomic E-state index is 12.3. The van der Waals surface area contributed by atoms with Crippen LogP contribution in [0.3, 0.4) is 0 Å². The standard InChI is InChI=1S/C18H26N6O2/c1-5-15(16-9-10-19-24(16)4)22-18(26)21-14-8-6-7-13(11-14)20-17(25)12-23(2)3/h6-11,15H,5,12H2,1-4H3,(H,20,25)(H2,21,22,26). The van der Waals surface area contributed by atoms with Gasteiger partial charge in [0.25, 0.3) is 0 Å². The van der Waals surface area contributed by atoms with Gasteiger partial charge in [-0.1, -0.05) is 13.0 Å². The molecule has 0 saturated carbocycles. The zero-order valence-corrected chi connectivity index (χ0v) is 15.6. The lowest BCUT2D eigenvalue weighted by atomic mass is 10.1. The first-order valence-corrected chi connectivity index (χ1v) is 8.49. The molecule has 2 rings (SSSR count). The molecule has 3 N–H and O–H groups in total. The smallest absolute Gasteiger partial charge is 0.319 e. The largest absolute Gasteiger partial charge is 0.330 e. The van der Waals surface area contributed by atoms with Crippen molar-refractivity contribution in [3.63, 3.8) is 0 Å². The summed E-state index contributed by atoms with van der Waals surface area (Å²) in [6.45, 7) is 2.29. The second-order valence-electron chi connectivity index (χ2n) is 6.31. The molecule has 3 amide bonds. The lowest BCUT2D eigenvalue weighted by molar-refractivity contribution is -0.116. The Hall–Kier alpha value is -2.87. The predicted octanol–water partition coefficient (Wildman–Crippen LogP) is 2.19. The Morgan fingerprint density at radius 2 is 1.88 bits per heavy atom. The number of hydrogen-bond acceptors (Lipinski definition) is 4. The molecule has 0 aliphatic rings. The number of rotatable bonds is 7. The minimum Gasteiger partial charge on any atom is -0.330 e. The van der Waals surface area contributed by atoms with Crippen LogP contribution >= 0.6 is 0 Å². The number of nitrogens with zero attached hydrogens (tertiary/aromatic N) is 3. The summed E-state index contributed by atoms with van der Waals surface area (Å²) >= 11 is 0. The third-order valence-electron chi connectivity index (χ3n) is 3.79. The molecular formula is C18H26N6O2. The second kappa shape index (κ2) is 9.00. The van der Waals surface area contributed by atoms with Crippen LogP contribution in [0.2, 0.25) is 0 Å². The highest BCUT2D eigenvalue weighted by molar-refractivity contribution is 5.94. The Labute approximate surface area is 153 Å². The molecule has 0 bridgehead atoms. The average molecular weight is 358 g/mol. The third-order valence-corrected chi connectivity index (χ3v) is 3.79. The van der Waals surface area contributed by atoms with Crippen LogP contribution < -0.4 is 16.0 Å². The number of amides is 3. The Kier molecular flexibility index (Phi) is 6.74. The maximum atomic E-state index is 12.3. The number of benzene rings is 1. The van der Waals surface area contributed by atoms with Gasteiger partial charge in [0.05, 0.1) is 18.3 Å². The molecule has 140 valence electrons. The molecule has 0 spiro atoms. The fourth-order valence-electron chi connectivity index (χ4n) is 2.60. The van der Waals surface area contributed by atoms with Crippen molar-refractivity contribution in [2.75, 3.05) is 31.3 Å². The van der Waals surface area contributed by atoms with E-state index in [2.05, 4.69) is 21.0 Å².